The summed E-state index contributed by atoms with van der Waals surface area (Å²) in [5.41, 5.74) is 15.9. The van der Waals surface area contributed by atoms with Gasteiger partial charge in [0.1, 0.15) is 22.3 Å². The van der Waals surface area contributed by atoms with Crippen LogP contribution in [0, 0.1) is 0 Å². The fraction of sp³-hybridized carbons (Fsp3) is 0. The van der Waals surface area contributed by atoms with E-state index < -0.39 is 0 Å². The van der Waals surface area contributed by atoms with E-state index in [1.807, 2.05) is 24.3 Å². The van der Waals surface area contributed by atoms with Gasteiger partial charge in [0.05, 0.1) is 5.69 Å². The normalized spacial score (nSPS) is 11.6. The van der Waals surface area contributed by atoms with Crippen molar-refractivity contribution in [3.8, 4) is 44.5 Å². The van der Waals surface area contributed by atoms with Gasteiger partial charge in [0, 0.05) is 44.0 Å². The van der Waals surface area contributed by atoms with Crippen LogP contribution in [-0.2, 0) is 0 Å². The summed E-state index contributed by atoms with van der Waals surface area (Å²) in [5, 5.41) is 6.97. The molecule has 0 saturated carbocycles. The number of furan rings is 2. The Labute approximate surface area is 353 Å². The Morgan fingerprint density at radius 3 is 1.67 bits per heavy atom. The Balaban J connectivity index is 0.992. The molecule has 0 N–H and O–H groups in total. The van der Waals surface area contributed by atoms with Crippen LogP contribution in [0.2, 0.25) is 0 Å². The molecule has 3 heteroatoms. The number of nitrogens with zero attached hydrogens (tertiary/aromatic N) is 1. The van der Waals surface area contributed by atoms with Crippen LogP contribution in [0.5, 0.6) is 0 Å². The molecule has 0 bridgehead atoms. The second-order valence-electron chi connectivity index (χ2n) is 15.6. The highest BCUT2D eigenvalue weighted by Crippen LogP contribution is 2.46. The second-order valence-corrected chi connectivity index (χ2v) is 15.6. The molecule has 0 aliphatic carbocycles. The number of anilines is 3. The van der Waals surface area contributed by atoms with E-state index in [0.29, 0.717) is 0 Å². The van der Waals surface area contributed by atoms with Crippen LogP contribution in [-0.4, -0.2) is 0 Å². The van der Waals surface area contributed by atoms with Gasteiger partial charge < -0.3 is 13.7 Å². The van der Waals surface area contributed by atoms with Gasteiger partial charge in [0.25, 0.3) is 0 Å². The Morgan fingerprint density at radius 2 is 0.836 bits per heavy atom. The molecule has 2 aromatic heterocycles. The number of benzene rings is 10. The van der Waals surface area contributed by atoms with Crippen molar-refractivity contribution < 1.29 is 8.83 Å². The van der Waals surface area contributed by atoms with Crippen LogP contribution in [0.25, 0.3) is 99.2 Å². The number of hydrogen-bond acceptors (Lipinski definition) is 3. The van der Waals surface area contributed by atoms with Crippen molar-refractivity contribution in [3.05, 3.63) is 224 Å². The minimum atomic E-state index is 0.874. The van der Waals surface area contributed by atoms with Gasteiger partial charge in [-0.25, -0.2) is 0 Å². The highest BCUT2D eigenvalue weighted by molar-refractivity contribution is 6.14. The van der Waals surface area contributed by atoms with E-state index in [1.54, 1.807) is 0 Å². The zero-order valence-corrected chi connectivity index (χ0v) is 33.1. The highest BCUT2D eigenvalue weighted by atomic mass is 16.3. The molecular weight excluding hydrogens is 743 g/mol. The molecule has 10 aromatic carbocycles. The average Bonchev–Trinajstić information content (AvgIpc) is 3.91. The molecule has 0 atom stereocenters. The van der Waals surface area contributed by atoms with Gasteiger partial charge in [-0.2, -0.15) is 0 Å². The molecular formula is C58H37NO2. The molecule has 0 radical (unpaired) electrons. The predicted octanol–water partition coefficient (Wildman–Crippen LogP) is 16.8. The summed E-state index contributed by atoms with van der Waals surface area (Å²) >= 11 is 0. The van der Waals surface area contributed by atoms with E-state index in [-0.39, 0.29) is 0 Å². The molecule has 0 unspecified atom stereocenters. The summed E-state index contributed by atoms with van der Waals surface area (Å²) in [6, 6.07) is 79.9. The third-order valence-electron chi connectivity index (χ3n) is 12.1. The number of para-hydroxylation sites is 4. The Kier molecular flexibility index (Phi) is 8.17. The maximum absolute atomic E-state index is 6.46. The fourth-order valence-electron chi connectivity index (χ4n) is 9.23. The molecule has 2 heterocycles. The highest BCUT2D eigenvalue weighted by Gasteiger charge is 2.21. The molecule has 0 aliphatic rings. The van der Waals surface area contributed by atoms with Crippen molar-refractivity contribution in [2.45, 2.75) is 0 Å². The summed E-state index contributed by atoms with van der Waals surface area (Å²) in [5.74, 6) is 0. The van der Waals surface area contributed by atoms with E-state index >= 15 is 0 Å². The topological polar surface area (TPSA) is 29.5 Å². The summed E-state index contributed by atoms with van der Waals surface area (Å²) in [7, 11) is 0. The van der Waals surface area contributed by atoms with Gasteiger partial charge in [-0.15, -0.1) is 0 Å². The zero-order chi connectivity index (χ0) is 40.3. The van der Waals surface area contributed by atoms with E-state index in [2.05, 4.69) is 205 Å². The predicted molar refractivity (Wildman–Crippen MR) is 255 cm³/mol. The SMILES string of the molecule is c1cc(-c2ccc(N(c3ccc(-c4cccc5c4oc4ccccc45)cc3)c3ccccc3-c3cccc4oc5ccccc5c34)cc2)cc(-c2cccc3ccccc23)c1. The third kappa shape index (κ3) is 5.90. The van der Waals surface area contributed by atoms with Crippen molar-refractivity contribution in [1.29, 1.82) is 0 Å². The Hall–Kier alpha value is -8.14. The minimum absolute atomic E-state index is 0.874. The molecule has 286 valence electrons. The molecule has 61 heavy (non-hydrogen) atoms. The monoisotopic (exact) mass is 779 g/mol. The number of hydrogen-bond donors (Lipinski definition) is 0. The molecule has 3 nitrogen and oxygen atoms in total. The molecule has 12 rings (SSSR count). The molecule has 12 aromatic rings. The maximum Gasteiger partial charge on any atom is 0.143 e. The van der Waals surface area contributed by atoms with Gasteiger partial charge in [0.15, 0.2) is 0 Å². The van der Waals surface area contributed by atoms with E-state index in [0.717, 1.165) is 88.8 Å². The number of fused-ring (bicyclic) bond motifs is 7. The van der Waals surface area contributed by atoms with Gasteiger partial charge in [-0.05, 0) is 98.8 Å². The van der Waals surface area contributed by atoms with Crippen molar-refractivity contribution in [3.63, 3.8) is 0 Å². The first-order valence-corrected chi connectivity index (χ1v) is 20.7. The van der Waals surface area contributed by atoms with Gasteiger partial charge in [-0.1, -0.05) is 170 Å². The summed E-state index contributed by atoms with van der Waals surface area (Å²) < 4.78 is 12.8. The lowest BCUT2D eigenvalue weighted by Gasteiger charge is -2.28. The lowest BCUT2D eigenvalue weighted by atomic mass is 9.95. The van der Waals surface area contributed by atoms with Crippen LogP contribution in [0.3, 0.4) is 0 Å². The minimum Gasteiger partial charge on any atom is -0.456 e. The average molecular weight is 780 g/mol. The molecule has 0 spiro atoms. The van der Waals surface area contributed by atoms with Crippen LogP contribution in [0.15, 0.2) is 233 Å². The van der Waals surface area contributed by atoms with Gasteiger partial charge >= 0.3 is 0 Å². The van der Waals surface area contributed by atoms with Crippen LogP contribution in [0.1, 0.15) is 0 Å². The first-order chi connectivity index (χ1) is 30.2. The first kappa shape index (κ1) is 34.9. The van der Waals surface area contributed by atoms with Crippen LogP contribution >= 0.6 is 0 Å². The zero-order valence-electron chi connectivity index (χ0n) is 33.1. The van der Waals surface area contributed by atoms with Gasteiger partial charge in [0.2, 0.25) is 0 Å². The summed E-state index contributed by atoms with van der Waals surface area (Å²) in [6.07, 6.45) is 0. The van der Waals surface area contributed by atoms with E-state index in [1.165, 1.54) is 27.5 Å². The second kappa shape index (κ2) is 14.3. The standard InChI is InChI=1S/C58H37NO2/c1-2-17-45-39(13-1)14-10-21-46(45)42-16-9-15-41(37-42)38-29-33-43(34-30-38)59(44-35-31-40(32-36-44)47-22-11-24-51-49-19-4-7-26-54(49)61-58(47)51)53-25-6-3-18-48(53)50-23-12-28-56-57(50)52-20-5-8-27-55(52)60-56/h1-37H. The van der Waals surface area contributed by atoms with Crippen LogP contribution in [0.4, 0.5) is 17.1 Å². The lowest BCUT2D eigenvalue weighted by Crippen LogP contribution is -2.11. The Morgan fingerprint density at radius 1 is 0.295 bits per heavy atom. The molecule has 0 fully saturated rings. The molecule has 0 amide bonds. The number of rotatable bonds is 7. The molecule has 0 saturated heterocycles. The summed E-state index contributed by atoms with van der Waals surface area (Å²) in [6.45, 7) is 0. The Bertz CT molecular complexity index is 3590. The molecule has 0 aliphatic heterocycles. The first-order valence-electron chi connectivity index (χ1n) is 20.7. The van der Waals surface area contributed by atoms with Crippen molar-refractivity contribution in [2.75, 3.05) is 4.90 Å². The summed E-state index contributed by atoms with van der Waals surface area (Å²) in [4.78, 5) is 2.37. The lowest BCUT2D eigenvalue weighted by molar-refractivity contribution is 0.669. The van der Waals surface area contributed by atoms with Crippen molar-refractivity contribution >= 4 is 71.7 Å². The van der Waals surface area contributed by atoms with E-state index in [9.17, 15) is 0 Å². The fourth-order valence-corrected chi connectivity index (χ4v) is 9.23. The van der Waals surface area contributed by atoms with Crippen molar-refractivity contribution in [2.24, 2.45) is 0 Å². The maximum atomic E-state index is 6.46. The quantitative estimate of drug-likeness (QED) is 0.161. The van der Waals surface area contributed by atoms with Crippen LogP contribution < -0.4 is 4.90 Å². The largest absolute Gasteiger partial charge is 0.456 e. The van der Waals surface area contributed by atoms with Gasteiger partial charge in [-0.3, -0.25) is 0 Å². The van der Waals surface area contributed by atoms with Crippen molar-refractivity contribution in [1.82, 2.24) is 0 Å². The third-order valence-corrected chi connectivity index (χ3v) is 12.1. The van der Waals surface area contributed by atoms with E-state index in [4.69, 9.17) is 8.83 Å². The smallest absolute Gasteiger partial charge is 0.143 e.